The van der Waals surface area contributed by atoms with Gasteiger partial charge in [-0.15, -0.1) is 0 Å². The summed E-state index contributed by atoms with van der Waals surface area (Å²) in [6, 6.07) is 22.7. The van der Waals surface area contributed by atoms with Gasteiger partial charge in [-0.3, -0.25) is 4.79 Å². The van der Waals surface area contributed by atoms with Crippen molar-refractivity contribution < 1.29 is 9.53 Å². The number of hydrogen-bond donors (Lipinski definition) is 1. The van der Waals surface area contributed by atoms with E-state index in [1.165, 1.54) is 0 Å². The Morgan fingerprint density at radius 3 is 2.50 bits per heavy atom. The van der Waals surface area contributed by atoms with E-state index in [4.69, 9.17) is 16.3 Å². The zero-order valence-corrected chi connectivity index (χ0v) is 17.7. The summed E-state index contributed by atoms with van der Waals surface area (Å²) in [6.07, 6.45) is 3.62. The number of rotatable bonds is 7. The Morgan fingerprint density at radius 2 is 1.80 bits per heavy atom. The lowest BCUT2D eigenvalue weighted by molar-refractivity contribution is 0.0955. The summed E-state index contributed by atoms with van der Waals surface area (Å²) in [4.78, 5) is 12.3. The highest BCUT2D eigenvalue weighted by molar-refractivity contribution is 6.31. The molecule has 0 aliphatic carbocycles. The minimum atomic E-state index is -0.264. The second-order valence-corrected chi connectivity index (χ2v) is 7.30. The molecule has 3 aromatic carbocycles. The van der Waals surface area contributed by atoms with Crippen molar-refractivity contribution in [1.82, 2.24) is 5.43 Å². The van der Waals surface area contributed by atoms with Gasteiger partial charge in [-0.05, 0) is 66.4 Å². The maximum absolute atomic E-state index is 12.3. The van der Waals surface area contributed by atoms with E-state index in [0.717, 1.165) is 28.0 Å². The second kappa shape index (κ2) is 10.4. The second-order valence-electron chi connectivity index (χ2n) is 6.89. The number of carbonyl (C=O) groups is 1. The van der Waals surface area contributed by atoms with Crippen molar-refractivity contribution in [2.45, 2.75) is 20.5 Å². The largest absolute Gasteiger partial charge is 0.489 e. The number of halogens is 1. The van der Waals surface area contributed by atoms with Gasteiger partial charge in [0.15, 0.2) is 0 Å². The predicted molar refractivity (Wildman–Crippen MR) is 123 cm³/mol. The van der Waals surface area contributed by atoms with Crippen LogP contribution in [0.4, 0.5) is 0 Å². The zero-order valence-electron chi connectivity index (χ0n) is 16.9. The Balaban J connectivity index is 1.52. The highest BCUT2D eigenvalue weighted by Gasteiger charge is 2.05. The van der Waals surface area contributed by atoms with Crippen LogP contribution in [0.2, 0.25) is 5.02 Å². The van der Waals surface area contributed by atoms with Crippen LogP contribution >= 0.6 is 11.6 Å². The Hall–Kier alpha value is -3.37. The summed E-state index contributed by atoms with van der Waals surface area (Å²) in [6.45, 7) is 4.27. The lowest BCUT2D eigenvalue weighted by Gasteiger charge is -2.08. The molecular formula is C25H23ClN2O2. The van der Waals surface area contributed by atoms with E-state index in [9.17, 15) is 4.79 Å². The number of amides is 1. The summed E-state index contributed by atoms with van der Waals surface area (Å²) < 4.78 is 5.78. The molecular weight excluding hydrogens is 396 g/mol. The number of nitrogens with zero attached hydrogens (tertiary/aromatic N) is 1. The molecule has 3 rings (SSSR count). The molecule has 0 spiro atoms. The number of nitrogens with one attached hydrogen (secondary N) is 1. The molecule has 0 aliphatic rings. The van der Waals surface area contributed by atoms with Gasteiger partial charge in [0.25, 0.3) is 5.91 Å². The van der Waals surface area contributed by atoms with Crippen LogP contribution in [0.3, 0.4) is 0 Å². The molecule has 0 radical (unpaired) electrons. The van der Waals surface area contributed by atoms with Crippen LogP contribution < -0.4 is 10.2 Å². The van der Waals surface area contributed by atoms with Gasteiger partial charge in [-0.2, -0.15) is 5.10 Å². The number of benzene rings is 3. The maximum atomic E-state index is 12.3. The monoisotopic (exact) mass is 418 g/mol. The maximum Gasteiger partial charge on any atom is 0.271 e. The van der Waals surface area contributed by atoms with Gasteiger partial charge in [0.2, 0.25) is 0 Å². The van der Waals surface area contributed by atoms with Crippen LogP contribution in [0.15, 0.2) is 83.5 Å². The summed E-state index contributed by atoms with van der Waals surface area (Å²) >= 11 is 6.03. The fourth-order valence-electron chi connectivity index (χ4n) is 2.73. The van der Waals surface area contributed by atoms with Gasteiger partial charge in [-0.1, -0.05) is 60.1 Å². The van der Waals surface area contributed by atoms with Crippen LogP contribution in [0, 0.1) is 6.92 Å². The Labute approximate surface area is 181 Å². The number of allylic oxidation sites excluding steroid dienone is 1. The van der Waals surface area contributed by atoms with Gasteiger partial charge in [0.05, 0.1) is 6.21 Å². The first kappa shape index (κ1) is 21.3. The summed E-state index contributed by atoms with van der Waals surface area (Å²) in [7, 11) is 0. The standard InChI is InChI=1S/C25H23ClN2O2/c1-18(14-20-6-4-3-5-7-20)16-27-28-25(29)22-10-8-21(9-11-22)17-30-23-12-13-24(26)19(2)15-23/h3-16H,17H2,1-2H3,(H,28,29)/b18-14+,27-16-. The number of hydrazone groups is 1. The molecule has 5 heteroatoms. The number of carbonyl (C=O) groups excluding carboxylic acids is 1. The van der Waals surface area contributed by atoms with Crippen LogP contribution in [0.25, 0.3) is 6.08 Å². The Morgan fingerprint density at radius 1 is 1.07 bits per heavy atom. The Kier molecular flexibility index (Phi) is 7.41. The van der Waals surface area contributed by atoms with Gasteiger partial charge < -0.3 is 4.74 Å². The van der Waals surface area contributed by atoms with E-state index >= 15 is 0 Å². The molecule has 1 N–H and O–H groups in total. The molecule has 152 valence electrons. The molecule has 3 aromatic rings. The van der Waals surface area contributed by atoms with Gasteiger partial charge in [-0.25, -0.2) is 5.43 Å². The number of ether oxygens (including phenoxy) is 1. The van der Waals surface area contributed by atoms with E-state index in [2.05, 4.69) is 10.5 Å². The van der Waals surface area contributed by atoms with Crippen LogP contribution in [0.5, 0.6) is 5.75 Å². The molecule has 0 unspecified atom stereocenters. The van der Waals surface area contributed by atoms with Gasteiger partial charge >= 0.3 is 0 Å². The minimum Gasteiger partial charge on any atom is -0.489 e. The first-order chi connectivity index (χ1) is 14.5. The fraction of sp³-hybridized carbons (Fsp3) is 0.120. The lowest BCUT2D eigenvalue weighted by atomic mass is 10.1. The average Bonchev–Trinajstić information content (AvgIpc) is 2.75. The van der Waals surface area contributed by atoms with Crippen molar-refractivity contribution in [3.63, 3.8) is 0 Å². The van der Waals surface area contributed by atoms with Crippen molar-refractivity contribution in [3.05, 3.63) is 106 Å². The van der Waals surface area contributed by atoms with Crippen molar-refractivity contribution in [3.8, 4) is 5.75 Å². The van der Waals surface area contributed by atoms with Crippen LogP contribution in [-0.4, -0.2) is 12.1 Å². The number of hydrogen-bond acceptors (Lipinski definition) is 3. The molecule has 0 aromatic heterocycles. The minimum absolute atomic E-state index is 0.264. The molecule has 4 nitrogen and oxygen atoms in total. The summed E-state index contributed by atoms with van der Waals surface area (Å²) in [5, 5.41) is 4.74. The van der Waals surface area contributed by atoms with Crippen molar-refractivity contribution >= 4 is 29.8 Å². The smallest absolute Gasteiger partial charge is 0.271 e. The van der Waals surface area contributed by atoms with Crippen molar-refractivity contribution in [1.29, 1.82) is 0 Å². The summed E-state index contributed by atoms with van der Waals surface area (Å²) in [5.74, 6) is 0.492. The lowest BCUT2D eigenvalue weighted by Crippen LogP contribution is -2.17. The van der Waals surface area contributed by atoms with E-state index in [0.29, 0.717) is 17.2 Å². The SMILES string of the molecule is CC(/C=N\NC(=O)c1ccc(COc2ccc(Cl)c(C)c2)cc1)=C\c1ccccc1. The first-order valence-corrected chi connectivity index (χ1v) is 9.94. The fourth-order valence-corrected chi connectivity index (χ4v) is 2.85. The molecule has 0 aliphatic heterocycles. The van der Waals surface area contributed by atoms with Crippen LogP contribution in [-0.2, 0) is 6.61 Å². The molecule has 0 bridgehead atoms. The van der Waals surface area contributed by atoms with E-state index in [1.54, 1.807) is 18.3 Å². The number of aryl methyl sites for hydroxylation is 1. The third kappa shape index (κ3) is 6.33. The highest BCUT2D eigenvalue weighted by atomic mass is 35.5. The average molecular weight is 419 g/mol. The molecule has 30 heavy (non-hydrogen) atoms. The first-order valence-electron chi connectivity index (χ1n) is 9.56. The third-order valence-corrected chi connectivity index (χ3v) is 4.80. The van der Waals surface area contributed by atoms with E-state index in [1.807, 2.05) is 80.6 Å². The van der Waals surface area contributed by atoms with Crippen LogP contribution in [0.1, 0.15) is 34.0 Å². The molecule has 0 fully saturated rings. The molecule has 0 atom stereocenters. The third-order valence-electron chi connectivity index (χ3n) is 4.38. The van der Waals surface area contributed by atoms with Crippen molar-refractivity contribution in [2.75, 3.05) is 0 Å². The zero-order chi connectivity index (χ0) is 21.3. The normalized spacial score (nSPS) is 11.5. The van der Waals surface area contributed by atoms with Gasteiger partial charge in [0, 0.05) is 10.6 Å². The topological polar surface area (TPSA) is 50.7 Å². The quantitative estimate of drug-likeness (QED) is 0.375. The predicted octanol–water partition coefficient (Wildman–Crippen LogP) is 6.05. The molecule has 0 saturated carbocycles. The van der Waals surface area contributed by atoms with Crippen molar-refractivity contribution in [2.24, 2.45) is 5.10 Å². The highest BCUT2D eigenvalue weighted by Crippen LogP contribution is 2.22. The summed E-state index contributed by atoms with van der Waals surface area (Å²) in [5.41, 5.74) is 7.03. The Bertz CT molecular complexity index is 1060. The molecule has 0 heterocycles. The molecule has 0 saturated heterocycles. The van der Waals surface area contributed by atoms with E-state index in [-0.39, 0.29) is 5.91 Å². The van der Waals surface area contributed by atoms with Gasteiger partial charge in [0.1, 0.15) is 12.4 Å². The van der Waals surface area contributed by atoms with E-state index < -0.39 is 0 Å². The molecule has 1 amide bonds.